The van der Waals surface area contributed by atoms with Gasteiger partial charge in [-0.2, -0.15) is 0 Å². The number of nitrogens with zero attached hydrogens (tertiary/aromatic N) is 1. The number of unbranched alkanes of at least 4 members (excludes halogenated alkanes) is 1. The fourth-order valence-corrected chi connectivity index (χ4v) is 3.48. The van der Waals surface area contributed by atoms with Crippen LogP contribution in [-0.4, -0.2) is 52.1 Å². The molecule has 0 saturated carbocycles. The standard InChI is InChI=1S/C26H43N3O5/c1-9-11-16-29(22(23(31)27-17(3)4)19-12-14-20(30)15-13-19)24(32)21(18(5)10-2)28-25(33)34-26(6,7)8/h12-15,17-18,21-22,30H,9-11,16H2,1-8H3,(H,27,31)(H,28,33). The molecule has 0 aromatic heterocycles. The van der Waals surface area contributed by atoms with E-state index in [0.717, 1.165) is 6.42 Å². The third-order valence-corrected chi connectivity index (χ3v) is 5.39. The molecule has 1 aromatic rings. The normalized spacial score (nSPS) is 14.1. The lowest BCUT2D eigenvalue weighted by atomic mass is 9.95. The summed E-state index contributed by atoms with van der Waals surface area (Å²) in [5.74, 6) is -0.768. The number of phenolic OH excluding ortho intramolecular Hbond substituents is 1. The first-order valence-corrected chi connectivity index (χ1v) is 12.2. The van der Waals surface area contributed by atoms with E-state index in [1.165, 1.54) is 12.1 Å². The molecule has 192 valence electrons. The summed E-state index contributed by atoms with van der Waals surface area (Å²) < 4.78 is 5.40. The fraction of sp³-hybridized carbons (Fsp3) is 0.654. The molecule has 0 aliphatic rings. The number of phenols is 1. The highest BCUT2D eigenvalue weighted by Crippen LogP contribution is 2.26. The van der Waals surface area contributed by atoms with E-state index in [1.807, 2.05) is 34.6 Å². The van der Waals surface area contributed by atoms with Crippen molar-refractivity contribution in [3.05, 3.63) is 29.8 Å². The lowest BCUT2D eigenvalue weighted by molar-refractivity contribution is -0.143. The van der Waals surface area contributed by atoms with Crippen LogP contribution in [0.3, 0.4) is 0 Å². The first-order chi connectivity index (χ1) is 15.8. The average molecular weight is 478 g/mol. The highest BCUT2D eigenvalue weighted by atomic mass is 16.6. The summed E-state index contributed by atoms with van der Waals surface area (Å²) in [4.78, 5) is 41.4. The molecule has 0 heterocycles. The summed E-state index contributed by atoms with van der Waals surface area (Å²) in [6, 6.07) is 4.40. The molecule has 1 aromatic carbocycles. The van der Waals surface area contributed by atoms with Crippen LogP contribution in [-0.2, 0) is 14.3 Å². The smallest absolute Gasteiger partial charge is 0.408 e. The molecule has 3 unspecified atom stereocenters. The molecule has 0 radical (unpaired) electrons. The van der Waals surface area contributed by atoms with Gasteiger partial charge in [-0.15, -0.1) is 0 Å². The van der Waals surface area contributed by atoms with E-state index in [4.69, 9.17) is 4.74 Å². The molecule has 3 amide bonds. The van der Waals surface area contributed by atoms with Gasteiger partial charge in [0.15, 0.2) is 0 Å². The van der Waals surface area contributed by atoms with Gasteiger partial charge in [0.1, 0.15) is 23.4 Å². The highest BCUT2D eigenvalue weighted by Gasteiger charge is 2.38. The van der Waals surface area contributed by atoms with E-state index in [9.17, 15) is 19.5 Å². The van der Waals surface area contributed by atoms with Crippen LogP contribution in [0.4, 0.5) is 4.79 Å². The van der Waals surface area contributed by atoms with E-state index in [-0.39, 0.29) is 29.5 Å². The number of alkyl carbamates (subject to hydrolysis) is 1. The molecule has 8 heteroatoms. The third kappa shape index (κ3) is 9.23. The third-order valence-electron chi connectivity index (χ3n) is 5.39. The topological polar surface area (TPSA) is 108 Å². The second-order valence-electron chi connectivity index (χ2n) is 10.1. The summed E-state index contributed by atoms with van der Waals surface area (Å²) in [5.41, 5.74) is -0.124. The average Bonchev–Trinajstić information content (AvgIpc) is 2.73. The van der Waals surface area contributed by atoms with Crippen molar-refractivity contribution < 1.29 is 24.2 Å². The van der Waals surface area contributed by atoms with Crippen LogP contribution in [0.25, 0.3) is 0 Å². The lowest BCUT2D eigenvalue weighted by Crippen LogP contribution is -2.55. The van der Waals surface area contributed by atoms with Crippen molar-refractivity contribution in [1.29, 1.82) is 0 Å². The molecule has 0 bridgehead atoms. The van der Waals surface area contributed by atoms with E-state index in [2.05, 4.69) is 10.6 Å². The Morgan fingerprint density at radius 2 is 1.62 bits per heavy atom. The summed E-state index contributed by atoms with van der Waals surface area (Å²) in [6.07, 6.45) is 1.49. The number of aromatic hydroxyl groups is 1. The number of carbonyl (C=O) groups excluding carboxylic acids is 3. The summed E-state index contributed by atoms with van der Waals surface area (Å²) in [7, 11) is 0. The number of ether oxygens (including phenoxy) is 1. The maximum atomic E-state index is 13.9. The Bertz CT molecular complexity index is 802. The number of hydrogen-bond donors (Lipinski definition) is 3. The lowest BCUT2D eigenvalue weighted by Gasteiger charge is -2.36. The number of benzene rings is 1. The van der Waals surface area contributed by atoms with Crippen molar-refractivity contribution in [2.75, 3.05) is 6.54 Å². The minimum atomic E-state index is -0.908. The predicted octanol–water partition coefficient (Wildman–Crippen LogP) is 4.53. The molecular formula is C26H43N3O5. The summed E-state index contributed by atoms with van der Waals surface area (Å²) in [6.45, 7) is 15.2. The minimum Gasteiger partial charge on any atom is -0.508 e. The van der Waals surface area contributed by atoms with Gasteiger partial charge in [0.25, 0.3) is 0 Å². The van der Waals surface area contributed by atoms with Crippen LogP contribution in [0.2, 0.25) is 0 Å². The molecule has 0 fully saturated rings. The monoisotopic (exact) mass is 477 g/mol. The van der Waals surface area contributed by atoms with Crippen molar-refractivity contribution in [2.24, 2.45) is 5.92 Å². The van der Waals surface area contributed by atoms with Gasteiger partial charge >= 0.3 is 6.09 Å². The van der Waals surface area contributed by atoms with Crippen molar-refractivity contribution in [1.82, 2.24) is 15.5 Å². The second kappa shape index (κ2) is 13.2. The van der Waals surface area contributed by atoms with Gasteiger partial charge in [-0.25, -0.2) is 4.79 Å². The zero-order chi connectivity index (χ0) is 26.1. The van der Waals surface area contributed by atoms with Gasteiger partial charge in [0.2, 0.25) is 11.8 Å². The number of carbonyl (C=O) groups is 3. The molecule has 8 nitrogen and oxygen atoms in total. The van der Waals surface area contributed by atoms with E-state index < -0.39 is 23.8 Å². The van der Waals surface area contributed by atoms with E-state index in [0.29, 0.717) is 24.9 Å². The quantitative estimate of drug-likeness (QED) is 0.434. The minimum absolute atomic E-state index is 0.0716. The van der Waals surface area contributed by atoms with Crippen LogP contribution >= 0.6 is 0 Å². The van der Waals surface area contributed by atoms with Gasteiger partial charge < -0.3 is 25.4 Å². The van der Waals surface area contributed by atoms with Crippen molar-refractivity contribution in [3.8, 4) is 5.75 Å². The SMILES string of the molecule is CCCCN(C(=O)C(NC(=O)OC(C)(C)C)C(C)CC)C(C(=O)NC(C)C)c1ccc(O)cc1. The van der Waals surface area contributed by atoms with Gasteiger partial charge in [-0.3, -0.25) is 9.59 Å². The van der Waals surface area contributed by atoms with Crippen LogP contribution in [0.15, 0.2) is 24.3 Å². The zero-order valence-electron chi connectivity index (χ0n) is 22.0. The van der Waals surface area contributed by atoms with Gasteiger partial charge in [-0.05, 0) is 64.7 Å². The fourth-order valence-electron chi connectivity index (χ4n) is 3.48. The molecule has 0 spiro atoms. The van der Waals surface area contributed by atoms with Crippen molar-refractivity contribution in [2.45, 2.75) is 98.4 Å². The Morgan fingerprint density at radius 3 is 2.09 bits per heavy atom. The number of rotatable bonds is 11. The van der Waals surface area contributed by atoms with Crippen molar-refractivity contribution in [3.63, 3.8) is 0 Å². The largest absolute Gasteiger partial charge is 0.508 e. The van der Waals surface area contributed by atoms with E-state index >= 15 is 0 Å². The summed E-state index contributed by atoms with van der Waals surface area (Å²) >= 11 is 0. The Hall–Kier alpha value is -2.77. The van der Waals surface area contributed by atoms with Gasteiger partial charge in [0.05, 0.1) is 0 Å². The highest BCUT2D eigenvalue weighted by molar-refractivity contribution is 5.92. The number of amides is 3. The van der Waals surface area contributed by atoms with Crippen LogP contribution in [0, 0.1) is 5.92 Å². The number of hydrogen-bond acceptors (Lipinski definition) is 5. The number of nitrogens with one attached hydrogen (secondary N) is 2. The first-order valence-electron chi connectivity index (χ1n) is 12.2. The van der Waals surface area contributed by atoms with Gasteiger partial charge in [0, 0.05) is 12.6 Å². The van der Waals surface area contributed by atoms with Crippen LogP contribution < -0.4 is 10.6 Å². The molecule has 0 aliphatic carbocycles. The molecular weight excluding hydrogens is 434 g/mol. The van der Waals surface area contributed by atoms with Crippen molar-refractivity contribution >= 4 is 17.9 Å². The van der Waals surface area contributed by atoms with Crippen LogP contribution in [0.1, 0.15) is 86.3 Å². The molecule has 0 saturated heterocycles. The summed E-state index contributed by atoms with van der Waals surface area (Å²) in [5, 5.41) is 15.4. The Morgan fingerprint density at radius 1 is 1.03 bits per heavy atom. The maximum Gasteiger partial charge on any atom is 0.408 e. The molecule has 3 N–H and O–H groups in total. The second-order valence-corrected chi connectivity index (χ2v) is 10.1. The maximum absolute atomic E-state index is 13.9. The predicted molar refractivity (Wildman–Crippen MR) is 133 cm³/mol. The first kappa shape index (κ1) is 29.3. The van der Waals surface area contributed by atoms with Crippen LogP contribution in [0.5, 0.6) is 5.75 Å². The molecule has 3 atom stereocenters. The zero-order valence-corrected chi connectivity index (χ0v) is 22.0. The molecule has 1 rings (SSSR count). The molecule has 0 aliphatic heterocycles. The van der Waals surface area contributed by atoms with E-state index in [1.54, 1.807) is 37.8 Å². The Balaban J connectivity index is 3.46. The molecule has 34 heavy (non-hydrogen) atoms. The Labute approximate surface area is 204 Å². The van der Waals surface area contributed by atoms with Gasteiger partial charge in [-0.1, -0.05) is 45.7 Å². The Kier molecular flexibility index (Phi) is 11.4.